The second kappa shape index (κ2) is 9.73. The number of benzene rings is 1. The van der Waals surface area contributed by atoms with Crippen LogP contribution < -0.4 is 22.5 Å². The van der Waals surface area contributed by atoms with Crippen molar-refractivity contribution in [2.45, 2.75) is 59.0 Å². The Kier molecular flexibility index (Phi) is 6.65. The molecule has 40 heavy (non-hydrogen) atoms. The minimum atomic E-state index is -1.54. The van der Waals surface area contributed by atoms with E-state index in [1.54, 1.807) is 24.5 Å². The standard InChI is InChI=1S/C28H32N6O6/c1-13-5-15-17(8-33(30)10-22(29)28(3,4)32-23(36)11-35)18-9-34-21(24(18)31-20(15)6-14(13)2)7-16-19(26(34)38)12-40-27(39)25(16)37/h5-7,10,25,35,37H,8-9,11-12,29-30H2,1-4H3,(H,32,36)/b22-10-. The first kappa shape index (κ1) is 27.3. The Morgan fingerprint density at radius 1 is 1.25 bits per heavy atom. The number of aryl methyl sites for hydroxylation is 2. The number of hydrogen-bond donors (Lipinski definition) is 5. The molecule has 0 saturated carbocycles. The third-order valence-electron chi connectivity index (χ3n) is 7.65. The number of esters is 1. The van der Waals surface area contributed by atoms with Gasteiger partial charge in [-0.1, -0.05) is 0 Å². The number of ether oxygens (including phenoxy) is 1. The van der Waals surface area contributed by atoms with E-state index in [0.29, 0.717) is 16.9 Å². The van der Waals surface area contributed by atoms with Gasteiger partial charge in [0, 0.05) is 22.7 Å². The van der Waals surface area contributed by atoms with Crippen LogP contribution in [0.5, 0.6) is 0 Å². The van der Waals surface area contributed by atoms with Gasteiger partial charge in [0.05, 0.1) is 46.8 Å². The van der Waals surface area contributed by atoms with Gasteiger partial charge in [-0.3, -0.25) is 9.59 Å². The number of pyridine rings is 2. The van der Waals surface area contributed by atoms with E-state index in [-0.39, 0.29) is 42.1 Å². The molecule has 0 spiro atoms. The Morgan fingerprint density at radius 3 is 2.65 bits per heavy atom. The number of carbonyl (C=O) groups excluding carboxylic acids is 2. The number of cyclic esters (lactones) is 1. The molecule has 12 nitrogen and oxygen atoms in total. The number of hydrogen-bond acceptors (Lipinski definition) is 10. The number of fused-ring (bicyclic) bond motifs is 5. The Hall–Kier alpha value is -4.26. The van der Waals surface area contributed by atoms with E-state index >= 15 is 0 Å². The number of nitrogens with zero attached hydrogens (tertiary/aromatic N) is 3. The molecular weight excluding hydrogens is 516 g/mol. The highest BCUT2D eigenvalue weighted by Crippen LogP contribution is 2.38. The summed E-state index contributed by atoms with van der Waals surface area (Å²) in [6.07, 6.45) is -0.0255. The predicted octanol–water partition coefficient (Wildman–Crippen LogP) is 0.495. The van der Waals surface area contributed by atoms with Crippen molar-refractivity contribution < 1.29 is 24.5 Å². The van der Waals surface area contributed by atoms with Crippen molar-refractivity contribution >= 4 is 22.8 Å². The van der Waals surface area contributed by atoms with Gasteiger partial charge >= 0.3 is 5.97 Å². The molecule has 4 heterocycles. The molecule has 1 unspecified atom stereocenters. The molecule has 2 aliphatic rings. The van der Waals surface area contributed by atoms with Crippen LogP contribution >= 0.6 is 0 Å². The van der Waals surface area contributed by atoms with Crippen molar-refractivity contribution in [1.29, 1.82) is 0 Å². The molecule has 210 valence electrons. The number of rotatable bonds is 6. The quantitative estimate of drug-likeness (QED) is 0.129. The lowest BCUT2D eigenvalue weighted by Gasteiger charge is -2.28. The Balaban J connectivity index is 1.64. The second-order valence-electron chi connectivity index (χ2n) is 10.8. The molecular formula is C28H32N6O6. The summed E-state index contributed by atoms with van der Waals surface area (Å²) in [7, 11) is 0. The number of aliphatic hydroxyl groups is 2. The van der Waals surface area contributed by atoms with Crippen molar-refractivity contribution in [3.8, 4) is 11.4 Å². The summed E-state index contributed by atoms with van der Waals surface area (Å²) in [6.45, 7) is 6.92. The zero-order valence-electron chi connectivity index (χ0n) is 22.7. The van der Waals surface area contributed by atoms with Gasteiger partial charge in [0.25, 0.3) is 5.56 Å². The maximum absolute atomic E-state index is 13.4. The fourth-order valence-corrected chi connectivity index (χ4v) is 5.18. The number of nitrogens with two attached hydrogens (primary N) is 2. The third-order valence-corrected chi connectivity index (χ3v) is 7.65. The van der Waals surface area contributed by atoms with Gasteiger partial charge in [0.2, 0.25) is 5.91 Å². The Labute approximate surface area is 229 Å². The van der Waals surface area contributed by atoms with E-state index < -0.39 is 30.1 Å². The van der Waals surface area contributed by atoms with Crippen molar-refractivity contribution in [2.75, 3.05) is 6.61 Å². The fraction of sp³-hybridized carbons (Fsp3) is 0.357. The number of nitrogens with one attached hydrogen (secondary N) is 1. The van der Waals surface area contributed by atoms with Crippen LogP contribution in [0.4, 0.5) is 0 Å². The van der Waals surface area contributed by atoms with Gasteiger partial charge in [-0.05, 0) is 62.6 Å². The highest BCUT2D eigenvalue weighted by Gasteiger charge is 2.35. The normalized spacial score (nSPS) is 16.3. The van der Waals surface area contributed by atoms with E-state index in [1.165, 1.54) is 11.2 Å². The van der Waals surface area contributed by atoms with E-state index in [2.05, 4.69) is 5.32 Å². The lowest BCUT2D eigenvalue weighted by Crippen LogP contribution is -2.49. The van der Waals surface area contributed by atoms with Crippen molar-refractivity contribution in [3.05, 3.63) is 73.8 Å². The Morgan fingerprint density at radius 2 is 1.95 bits per heavy atom. The molecule has 1 atom stereocenters. The fourth-order valence-electron chi connectivity index (χ4n) is 5.18. The second-order valence-corrected chi connectivity index (χ2v) is 10.8. The maximum atomic E-state index is 13.4. The molecule has 5 rings (SSSR count). The molecule has 1 amide bonds. The average Bonchev–Trinajstić information content (AvgIpc) is 3.26. The van der Waals surface area contributed by atoms with Crippen LogP contribution in [0.25, 0.3) is 22.3 Å². The molecule has 2 aromatic heterocycles. The summed E-state index contributed by atoms with van der Waals surface area (Å²) in [5, 5.41) is 24.5. The first-order valence-corrected chi connectivity index (χ1v) is 12.8. The molecule has 0 saturated heterocycles. The number of hydrazine groups is 1. The molecule has 0 bridgehead atoms. The van der Waals surface area contributed by atoms with Crippen LogP contribution in [0.15, 0.2) is 34.9 Å². The van der Waals surface area contributed by atoms with Crippen molar-refractivity contribution in [2.24, 2.45) is 11.6 Å². The minimum absolute atomic E-state index is 0.196. The van der Waals surface area contributed by atoms with Crippen LogP contribution in [0.1, 0.15) is 53.3 Å². The predicted molar refractivity (Wildman–Crippen MR) is 146 cm³/mol. The van der Waals surface area contributed by atoms with Gasteiger partial charge in [-0.25, -0.2) is 15.6 Å². The zero-order chi connectivity index (χ0) is 29.1. The highest BCUT2D eigenvalue weighted by molar-refractivity contribution is 5.89. The molecule has 3 aromatic rings. The third kappa shape index (κ3) is 4.49. The molecule has 1 aromatic carbocycles. The van der Waals surface area contributed by atoms with Crippen molar-refractivity contribution in [3.63, 3.8) is 0 Å². The topological polar surface area (TPSA) is 186 Å². The average molecular weight is 549 g/mol. The molecule has 12 heteroatoms. The van der Waals surface area contributed by atoms with E-state index in [1.807, 2.05) is 26.0 Å². The zero-order valence-corrected chi connectivity index (χ0v) is 22.7. The Bertz CT molecular complexity index is 1670. The van der Waals surface area contributed by atoms with E-state index in [4.69, 9.17) is 26.4 Å². The van der Waals surface area contributed by atoms with Crippen LogP contribution in [0.2, 0.25) is 0 Å². The molecule has 0 radical (unpaired) electrons. The van der Waals surface area contributed by atoms with Gasteiger partial charge in [0.1, 0.15) is 13.2 Å². The maximum Gasteiger partial charge on any atom is 0.340 e. The number of amides is 1. The number of aromatic nitrogens is 2. The lowest BCUT2D eigenvalue weighted by molar-refractivity contribution is -0.157. The van der Waals surface area contributed by atoms with Gasteiger partial charge in [0.15, 0.2) is 6.10 Å². The van der Waals surface area contributed by atoms with Crippen LogP contribution in [0, 0.1) is 13.8 Å². The molecule has 7 N–H and O–H groups in total. The summed E-state index contributed by atoms with van der Waals surface area (Å²) in [5.74, 6) is 5.06. The summed E-state index contributed by atoms with van der Waals surface area (Å²) in [6, 6.07) is 5.65. The van der Waals surface area contributed by atoms with E-state index in [9.17, 15) is 19.5 Å². The van der Waals surface area contributed by atoms with Crippen LogP contribution in [-0.2, 0) is 34.0 Å². The van der Waals surface area contributed by atoms with Crippen molar-refractivity contribution in [1.82, 2.24) is 19.9 Å². The summed E-state index contributed by atoms with van der Waals surface area (Å²) in [4.78, 5) is 42.1. The highest BCUT2D eigenvalue weighted by atomic mass is 16.5. The van der Waals surface area contributed by atoms with Crippen LogP contribution in [0.3, 0.4) is 0 Å². The van der Waals surface area contributed by atoms with Crippen LogP contribution in [-0.4, -0.2) is 48.8 Å². The first-order chi connectivity index (χ1) is 18.8. The largest absolute Gasteiger partial charge is 0.458 e. The molecule has 0 fully saturated rings. The number of carbonyl (C=O) groups is 2. The van der Waals surface area contributed by atoms with Gasteiger partial charge in [-0.15, -0.1) is 0 Å². The SMILES string of the molecule is Cc1cc2nc3c(c(CN(N)/C=C(\N)C(C)(C)NC(=O)CO)c2cc1C)Cn1c-3cc2c(c1=O)COC(=O)C2O. The summed E-state index contributed by atoms with van der Waals surface area (Å²) >= 11 is 0. The number of aliphatic hydroxyl groups excluding tert-OH is 2. The first-order valence-electron chi connectivity index (χ1n) is 12.8. The molecule has 0 aliphatic carbocycles. The lowest BCUT2D eigenvalue weighted by atomic mass is 9.96. The monoisotopic (exact) mass is 548 g/mol. The van der Waals surface area contributed by atoms with Gasteiger partial charge < -0.3 is 35.6 Å². The smallest absolute Gasteiger partial charge is 0.340 e. The summed E-state index contributed by atoms with van der Waals surface area (Å²) in [5.41, 5.74) is 11.2. The molecule has 2 aliphatic heterocycles. The van der Waals surface area contributed by atoms with Gasteiger partial charge in [-0.2, -0.15) is 0 Å². The minimum Gasteiger partial charge on any atom is -0.458 e. The van der Waals surface area contributed by atoms with E-state index in [0.717, 1.165) is 27.6 Å². The summed E-state index contributed by atoms with van der Waals surface area (Å²) < 4.78 is 6.57.